The van der Waals surface area contributed by atoms with Crippen molar-refractivity contribution in [1.29, 1.82) is 0 Å². The summed E-state index contributed by atoms with van der Waals surface area (Å²) < 4.78 is 16.4. The minimum Gasteiger partial charge on any atom is -0.490 e. The summed E-state index contributed by atoms with van der Waals surface area (Å²) in [6.45, 7) is 7.83. The van der Waals surface area contributed by atoms with Crippen molar-refractivity contribution in [3.63, 3.8) is 0 Å². The standard InChI is InChI=1S/C23H29N3O6/c1-5-30-19-8-7-17(12-20(19)31-6-2)23(29)24-13-21(27)25-26-22(28)14-32-18-10-15(3)9-16(4)11-18/h7-12H,5-6,13-14H2,1-4H3,(H,24,29)(H,25,27)(H,26,28). The summed E-state index contributed by atoms with van der Waals surface area (Å²) in [6.07, 6.45) is 0. The Labute approximate surface area is 187 Å². The van der Waals surface area contributed by atoms with Crippen molar-refractivity contribution in [3.05, 3.63) is 53.1 Å². The van der Waals surface area contributed by atoms with Crippen LogP contribution < -0.4 is 30.4 Å². The third-order valence-electron chi connectivity index (χ3n) is 4.12. The molecule has 0 aliphatic rings. The molecular formula is C23H29N3O6. The molecule has 0 aromatic heterocycles. The maximum Gasteiger partial charge on any atom is 0.276 e. The number of hydrogen-bond acceptors (Lipinski definition) is 6. The van der Waals surface area contributed by atoms with Crippen LogP contribution in [-0.2, 0) is 9.59 Å². The monoisotopic (exact) mass is 443 g/mol. The fraction of sp³-hybridized carbons (Fsp3) is 0.348. The van der Waals surface area contributed by atoms with Gasteiger partial charge in [-0.05, 0) is 69.2 Å². The molecule has 9 heteroatoms. The number of rotatable bonds is 10. The Morgan fingerprint density at radius 1 is 0.781 bits per heavy atom. The smallest absolute Gasteiger partial charge is 0.276 e. The number of hydrazine groups is 1. The van der Waals surface area contributed by atoms with Gasteiger partial charge < -0.3 is 19.5 Å². The molecule has 32 heavy (non-hydrogen) atoms. The maximum atomic E-state index is 12.3. The second kappa shape index (κ2) is 12.2. The molecule has 9 nitrogen and oxygen atoms in total. The number of aryl methyl sites for hydroxylation is 2. The van der Waals surface area contributed by atoms with E-state index in [1.54, 1.807) is 18.2 Å². The SMILES string of the molecule is CCOc1ccc(C(=O)NCC(=O)NNC(=O)COc2cc(C)cc(C)c2)cc1OCC. The molecule has 0 saturated heterocycles. The first-order valence-electron chi connectivity index (χ1n) is 10.3. The summed E-state index contributed by atoms with van der Waals surface area (Å²) in [7, 11) is 0. The van der Waals surface area contributed by atoms with E-state index >= 15 is 0 Å². The molecule has 0 radical (unpaired) electrons. The normalized spacial score (nSPS) is 10.1. The lowest BCUT2D eigenvalue weighted by Crippen LogP contribution is -2.47. The van der Waals surface area contributed by atoms with Gasteiger partial charge in [0.2, 0.25) is 0 Å². The minimum absolute atomic E-state index is 0.262. The van der Waals surface area contributed by atoms with E-state index in [0.29, 0.717) is 36.0 Å². The van der Waals surface area contributed by atoms with Crippen molar-refractivity contribution in [3.8, 4) is 17.2 Å². The van der Waals surface area contributed by atoms with Crippen LogP contribution in [0.4, 0.5) is 0 Å². The van der Waals surface area contributed by atoms with Crippen LogP contribution in [0.2, 0.25) is 0 Å². The number of amides is 3. The summed E-state index contributed by atoms with van der Waals surface area (Å²) in [5, 5.41) is 2.48. The van der Waals surface area contributed by atoms with Crippen molar-refractivity contribution >= 4 is 17.7 Å². The zero-order chi connectivity index (χ0) is 23.5. The zero-order valence-corrected chi connectivity index (χ0v) is 18.7. The van der Waals surface area contributed by atoms with Crippen LogP contribution in [0.15, 0.2) is 36.4 Å². The predicted molar refractivity (Wildman–Crippen MR) is 119 cm³/mol. The lowest BCUT2D eigenvalue weighted by atomic mass is 10.1. The van der Waals surface area contributed by atoms with Crippen LogP contribution in [0.5, 0.6) is 17.2 Å². The largest absolute Gasteiger partial charge is 0.490 e. The lowest BCUT2D eigenvalue weighted by Gasteiger charge is -2.13. The van der Waals surface area contributed by atoms with E-state index in [0.717, 1.165) is 11.1 Å². The number of benzene rings is 2. The van der Waals surface area contributed by atoms with Crippen molar-refractivity contribution < 1.29 is 28.6 Å². The fourth-order valence-corrected chi connectivity index (χ4v) is 2.84. The molecule has 3 N–H and O–H groups in total. The Morgan fingerprint density at radius 3 is 2.06 bits per heavy atom. The van der Waals surface area contributed by atoms with Gasteiger partial charge in [0.15, 0.2) is 18.1 Å². The van der Waals surface area contributed by atoms with E-state index < -0.39 is 17.7 Å². The van der Waals surface area contributed by atoms with E-state index in [4.69, 9.17) is 14.2 Å². The first-order valence-corrected chi connectivity index (χ1v) is 10.3. The van der Waals surface area contributed by atoms with Gasteiger partial charge in [-0.1, -0.05) is 6.07 Å². The number of hydrogen-bond donors (Lipinski definition) is 3. The summed E-state index contributed by atoms with van der Waals surface area (Å²) >= 11 is 0. The van der Waals surface area contributed by atoms with Gasteiger partial charge >= 0.3 is 0 Å². The Kier molecular flexibility index (Phi) is 9.34. The summed E-state index contributed by atoms with van der Waals surface area (Å²) in [5.74, 6) is -0.0330. The van der Waals surface area contributed by atoms with Crippen molar-refractivity contribution in [2.75, 3.05) is 26.4 Å². The molecular weight excluding hydrogens is 414 g/mol. The van der Waals surface area contributed by atoms with Gasteiger partial charge in [-0.2, -0.15) is 0 Å². The molecule has 0 bridgehead atoms. The molecule has 2 aromatic rings. The molecule has 2 aromatic carbocycles. The second-order valence-corrected chi connectivity index (χ2v) is 6.92. The molecule has 0 heterocycles. The molecule has 2 rings (SSSR count). The van der Waals surface area contributed by atoms with Crippen LogP contribution in [0.1, 0.15) is 35.3 Å². The van der Waals surface area contributed by atoms with Crippen LogP contribution in [0, 0.1) is 13.8 Å². The van der Waals surface area contributed by atoms with E-state index in [1.165, 1.54) is 0 Å². The average molecular weight is 444 g/mol. The maximum absolute atomic E-state index is 12.3. The highest BCUT2D eigenvalue weighted by atomic mass is 16.5. The van der Waals surface area contributed by atoms with Gasteiger partial charge in [0.1, 0.15) is 5.75 Å². The molecule has 172 valence electrons. The van der Waals surface area contributed by atoms with Crippen LogP contribution in [-0.4, -0.2) is 44.1 Å². The minimum atomic E-state index is -0.589. The highest BCUT2D eigenvalue weighted by Gasteiger charge is 2.13. The average Bonchev–Trinajstić information content (AvgIpc) is 2.75. The van der Waals surface area contributed by atoms with Crippen LogP contribution >= 0.6 is 0 Å². The fourth-order valence-electron chi connectivity index (χ4n) is 2.84. The number of ether oxygens (including phenoxy) is 3. The predicted octanol–water partition coefficient (Wildman–Crippen LogP) is 2.06. The number of carbonyl (C=O) groups excluding carboxylic acids is 3. The van der Waals surface area contributed by atoms with Gasteiger partial charge in [-0.3, -0.25) is 25.2 Å². The van der Waals surface area contributed by atoms with Crippen LogP contribution in [0.3, 0.4) is 0 Å². The first kappa shape index (κ1) is 24.5. The highest BCUT2D eigenvalue weighted by molar-refractivity contribution is 5.97. The summed E-state index contributed by atoms with van der Waals surface area (Å²) in [5.41, 5.74) is 6.82. The van der Waals surface area contributed by atoms with Crippen LogP contribution in [0.25, 0.3) is 0 Å². The van der Waals surface area contributed by atoms with Gasteiger partial charge in [-0.15, -0.1) is 0 Å². The Bertz CT molecular complexity index is 940. The van der Waals surface area contributed by atoms with Crippen molar-refractivity contribution in [2.45, 2.75) is 27.7 Å². The lowest BCUT2D eigenvalue weighted by molar-refractivity contribution is -0.129. The topological polar surface area (TPSA) is 115 Å². The van der Waals surface area contributed by atoms with Crippen molar-refractivity contribution in [1.82, 2.24) is 16.2 Å². The Morgan fingerprint density at radius 2 is 1.41 bits per heavy atom. The summed E-state index contributed by atoms with van der Waals surface area (Å²) in [6, 6.07) is 10.4. The quantitative estimate of drug-likeness (QED) is 0.484. The molecule has 0 fully saturated rings. The van der Waals surface area contributed by atoms with Gasteiger partial charge in [-0.25, -0.2) is 0 Å². The molecule has 3 amide bonds. The highest BCUT2D eigenvalue weighted by Crippen LogP contribution is 2.28. The van der Waals surface area contributed by atoms with E-state index in [9.17, 15) is 14.4 Å². The molecule has 0 aliphatic carbocycles. The molecule has 0 unspecified atom stereocenters. The Hall–Kier alpha value is -3.75. The van der Waals surface area contributed by atoms with E-state index in [1.807, 2.05) is 45.9 Å². The van der Waals surface area contributed by atoms with Crippen molar-refractivity contribution in [2.24, 2.45) is 0 Å². The van der Waals surface area contributed by atoms with Gasteiger partial charge in [0.05, 0.1) is 19.8 Å². The molecule has 0 spiro atoms. The first-order chi connectivity index (χ1) is 15.3. The summed E-state index contributed by atoms with van der Waals surface area (Å²) in [4.78, 5) is 36.1. The number of nitrogens with one attached hydrogen (secondary N) is 3. The molecule has 0 aliphatic heterocycles. The zero-order valence-electron chi connectivity index (χ0n) is 18.7. The molecule has 0 atom stereocenters. The Balaban J connectivity index is 1.77. The second-order valence-electron chi connectivity index (χ2n) is 6.92. The number of carbonyl (C=O) groups is 3. The molecule has 0 saturated carbocycles. The third kappa shape index (κ3) is 7.82. The van der Waals surface area contributed by atoms with Gasteiger partial charge in [0.25, 0.3) is 17.7 Å². The van der Waals surface area contributed by atoms with Gasteiger partial charge in [0, 0.05) is 5.56 Å². The third-order valence-corrected chi connectivity index (χ3v) is 4.12. The van der Waals surface area contributed by atoms with E-state index in [2.05, 4.69) is 16.2 Å². The van der Waals surface area contributed by atoms with E-state index in [-0.39, 0.29) is 13.2 Å².